The average Bonchev–Trinajstić information content (AvgIpc) is 3.14. The van der Waals surface area contributed by atoms with Crippen molar-refractivity contribution in [3.8, 4) is 0 Å². The van der Waals surface area contributed by atoms with E-state index >= 15 is 0 Å². The molecular weight excluding hydrogens is 827 g/mol. The molecule has 19 N–H and O–H groups in total. The molecule has 26 nitrogen and oxygen atoms in total. The first-order valence-electron chi connectivity index (χ1n) is 17.6. The molecule has 0 radical (unpaired) electrons. The molecule has 0 aliphatic carbocycles. The Morgan fingerprint density at radius 3 is 1.41 bits per heavy atom. The second-order valence-corrected chi connectivity index (χ2v) is 13.5. The van der Waals surface area contributed by atoms with Gasteiger partial charge in [0, 0.05) is 24.5 Å². The molecule has 0 heterocycles. The van der Waals surface area contributed by atoms with E-state index < -0.39 is 139 Å². The van der Waals surface area contributed by atoms with Crippen molar-refractivity contribution >= 4 is 96.3 Å². The van der Waals surface area contributed by atoms with Crippen LogP contribution in [0.3, 0.4) is 0 Å². The van der Waals surface area contributed by atoms with Gasteiger partial charge in [0.2, 0.25) is 53.2 Å². The summed E-state index contributed by atoms with van der Waals surface area (Å²) in [6.45, 7) is 2.42. The molecule has 0 fully saturated rings. The Morgan fingerprint density at radius 1 is 0.542 bits per heavy atom. The lowest BCUT2D eigenvalue weighted by molar-refractivity contribution is -0.142. The minimum atomic E-state index is -1.98. The second-order valence-electron chi connectivity index (χ2n) is 12.8. The van der Waals surface area contributed by atoms with Crippen LogP contribution >= 0.6 is 25.3 Å². The molecular formula is C31H53N13O13S2. The van der Waals surface area contributed by atoms with Gasteiger partial charge in [-0.2, -0.15) is 25.3 Å². The Balaban J connectivity index is 6.35. The number of carboxylic acids is 2. The van der Waals surface area contributed by atoms with Crippen molar-refractivity contribution in [2.45, 2.75) is 101 Å². The van der Waals surface area contributed by atoms with Gasteiger partial charge in [-0.1, -0.05) is 0 Å². The van der Waals surface area contributed by atoms with E-state index in [0.717, 1.165) is 0 Å². The highest BCUT2D eigenvalue weighted by Gasteiger charge is 2.34. The summed E-state index contributed by atoms with van der Waals surface area (Å²) in [5, 5.41) is 34.2. The summed E-state index contributed by atoms with van der Waals surface area (Å²) in [4.78, 5) is 142. The van der Waals surface area contributed by atoms with Crippen molar-refractivity contribution in [3.63, 3.8) is 0 Å². The molecule has 0 spiro atoms. The Bertz CT molecular complexity index is 1600. The van der Waals surface area contributed by atoms with Crippen LogP contribution in [0.1, 0.15) is 52.4 Å². The van der Waals surface area contributed by atoms with Gasteiger partial charge in [-0.3, -0.25) is 52.9 Å². The number of carbonyl (C=O) groups is 11. The highest BCUT2D eigenvalue weighted by atomic mass is 32.1. The SMILES string of the molecule is CC(NC(=O)C(N)CS)C(=O)NC(CCCN=C(N)N)C(=O)NC(CC(=O)O)C(=O)NC(CC(N)=O)C(=O)NC(CCC(N)=O)C(=O)NC(C)C(=O)NC(CS)C(=O)O. The zero-order valence-electron chi connectivity index (χ0n) is 32.1. The lowest BCUT2D eigenvalue weighted by Crippen LogP contribution is -2.60. The normalized spacial score (nSPS) is 14.7. The first-order chi connectivity index (χ1) is 27.4. The highest BCUT2D eigenvalue weighted by molar-refractivity contribution is 7.80. The van der Waals surface area contributed by atoms with Gasteiger partial charge >= 0.3 is 11.9 Å². The fourth-order valence-corrected chi connectivity index (χ4v) is 4.98. The van der Waals surface area contributed by atoms with E-state index in [4.69, 9.17) is 33.8 Å². The minimum Gasteiger partial charge on any atom is -0.481 e. The number of amides is 9. The average molecular weight is 880 g/mol. The topological polar surface area (TPSA) is 455 Å². The van der Waals surface area contributed by atoms with Gasteiger partial charge in [0.25, 0.3) is 0 Å². The molecule has 0 bridgehead atoms. The number of aliphatic imine (C=N–C) groups is 1. The quantitative estimate of drug-likeness (QED) is 0.0150. The van der Waals surface area contributed by atoms with Crippen LogP contribution in [-0.2, 0) is 52.7 Å². The second kappa shape index (κ2) is 26.9. The summed E-state index contributed by atoms with van der Waals surface area (Å²) in [5.74, 6) is -13.2. The smallest absolute Gasteiger partial charge is 0.327 e. The maximum atomic E-state index is 13.5. The maximum absolute atomic E-state index is 13.5. The number of primary amides is 2. The maximum Gasteiger partial charge on any atom is 0.327 e. The number of nitrogens with zero attached hydrogens (tertiary/aromatic N) is 1. The van der Waals surface area contributed by atoms with E-state index in [1.54, 1.807) is 0 Å². The van der Waals surface area contributed by atoms with Crippen LogP contribution < -0.4 is 65.9 Å². The van der Waals surface area contributed by atoms with Crippen LogP contribution in [0.25, 0.3) is 0 Å². The standard InChI is InChI=1S/C31H53N13O13S2/c1-12(38-25(51)14(32)10-58)23(49)40-15(4-3-7-37-31(35)36)27(53)43-18(9-22(47)48)29(55)42-17(8-21(34)46)28(54)41-16(5-6-20(33)45)26(52)39-13(2)24(50)44-19(11-59)30(56)57/h12-19,58-59H,3-11,32H2,1-2H3,(H2,33,45)(H2,34,46)(H,38,51)(H,39,52)(H,40,49)(H,41,54)(H,42,55)(H,43,53)(H,44,50)(H,47,48)(H,56,57)(H4,35,36,37). The first kappa shape index (κ1) is 53.1. The van der Waals surface area contributed by atoms with Gasteiger partial charge in [0.05, 0.1) is 18.9 Å². The van der Waals surface area contributed by atoms with Crippen molar-refractivity contribution in [2.75, 3.05) is 18.1 Å². The molecule has 332 valence electrons. The summed E-state index contributed by atoms with van der Waals surface area (Å²) >= 11 is 7.75. The van der Waals surface area contributed by atoms with Crippen LogP contribution in [0.5, 0.6) is 0 Å². The van der Waals surface area contributed by atoms with Gasteiger partial charge in [-0.05, 0) is 33.1 Å². The van der Waals surface area contributed by atoms with E-state index in [2.05, 4.69) is 67.5 Å². The van der Waals surface area contributed by atoms with E-state index in [9.17, 15) is 57.8 Å². The van der Waals surface area contributed by atoms with Crippen molar-refractivity contribution in [2.24, 2.45) is 33.7 Å². The molecule has 0 aromatic rings. The molecule has 0 aromatic carbocycles. The van der Waals surface area contributed by atoms with Crippen LogP contribution in [0.2, 0.25) is 0 Å². The fourth-order valence-electron chi connectivity index (χ4n) is 4.57. The number of thiol groups is 2. The third-order valence-electron chi connectivity index (χ3n) is 7.78. The zero-order valence-corrected chi connectivity index (χ0v) is 33.9. The predicted octanol–water partition coefficient (Wildman–Crippen LogP) is -7.64. The number of nitrogens with two attached hydrogens (primary N) is 5. The zero-order chi connectivity index (χ0) is 45.6. The van der Waals surface area contributed by atoms with E-state index in [1.807, 2.05) is 0 Å². The third-order valence-corrected chi connectivity index (χ3v) is 8.53. The number of carbonyl (C=O) groups excluding carboxylic acids is 9. The number of hydrogen-bond acceptors (Lipinski definition) is 15. The predicted molar refractivity (Wildman–Crippen MR) is 213 cm³/mol. The van der Waals surface area contributed by atoms with Crippen LogP contribution in [0.15, 0.2) is 4.99 Å². The minimum absolute atomic E-state index is 0.0279. The van der Waals surface area contributed by atoms with Crippen molar-refractivity contribution in [1.29, 1.82) is 0 Å². The summed E-state index contributed by atoms with van der Waals surface area (Å²) < 4.78 is 0. The Kier molecular flexibility index (Phi) is 24.2. The molecule has 0 aromatic heterocycles. The number of nitrogens with one attached hydrogen (secondary N) is 7. The lowest BCUT2D eigenvalue weighted by Gasteiger charge is -2.26. The van der Waals surface area contributed by atoms with Gasteiger partial charge in [-0.15, -0.1) is 0 Å². The first-order valence-corrected chi connectivity index (χ1v) is 18.9. The Morgan fingerprint density at radius 2 is 0.966 bits per heavy atom. The monoisotopic (exact) mass is 879 g/mol. The van der Waals surface area contributed by atoms with Crippen molar-refractivity contribution in [1.82, 2.24) is 37.2 Å². The van der Waals surface area contributed by atoms with Gasteiger partial charge in [0.15, 0.2) is 5.96 Å². The van der Waals surface area contributed by atoms with E-state index in [-0.39, 0.29) is 36.9 Å². The summed E-state index contributed by atoms with van der Waals surface area (Å²) in [6.07, 6.45) is -3.17. The summed E-state index contributed by atoms with van der Waals surface area (Å²) in [7, 11) is 0. The molecule has 8 unspecified atom stereocenters. The molecule has 0 saturated heterocycles. The molecule has 0 aliphatic heterocycles. The third kappa shape index (κ3) is 21.4. The van der Waals surface area contributed by atoms with Gasteiger partial charge in [0.1, 0.15) is 42.3 Å². The summed E-state index contributed by atoms with van der Waals surface area (Å²) in [5.41, 5.74) is 26.7. The number of guanidine groups is 1. The fraction of sp³-hybridized carbons (Fsp3) is 0.613. The molecule has 28 heteroatoms. The number of hydrogen-bond donors (Lipinski definition) is 16. The number of rotatable bonds is 28. The van der Waals surface area contributed by atoms with Crippen LogP contribution in [0.4, 0.5) is 0 Å². The van der Waals surface area contributed by atoms with Gasteiger partial charge in [-0.25, -0.2) is 4.79 Å². The number of aliphatic carboxylic acids is 2. The highest BCUT2D eigenvalue weighted by Crippen LogP contribution is 2.06. The Hall–Kier alpha value is -5.90. The Labute approximate surface area is 348 Å². The molecule has 0 aliphatic rings. The van der Waals surface area contributed by atoms with Crippen LogP contribution in [-0.4, -0.2) is 148 Å². The largest absolute Gasteiger partial charge is 0.481 e. The van der Waals surface area contributed by atoms with E-state index in [0.29, 0.717) is 0 Å². The van der Waals surface area contributed by atoms with E-state index in [1.165, 1.54) is 13.8 Å². The van der Waals surface area contributed by atoms with Crippen molar-refractivity contribution < 1.29 is 63.0 Å². The van der Waals surface area contributed by atoms with Gasteiger partial charge < -0.3 is 76.1 Å². The lowest BCUT2D eigenvalue weighted by atomic mass is 10.1. The molecule has 59 heavy (non-hydrogen) atoms. The molecule has 8 atom stereocenters. The van der Waals surface area contributed by atoms with Crippen molar-refractivity contribution in [3.05, 3.63) is 0 Å². The summed E-state index contributed by atoms with van der Waals surface area (Å²) in [6, 6.07) is -12.2. The molecule has 0 saturated carbocycles. The van der Waals surface area contributed by atoms with Crippen LogP contribution in [0, 0.1) is 0 Å². The molecule has 9 amide bonds. The molecule has 0 rings (SSSR count). The number of carboxylic acid groups (broad SMARTS) is 2.